The third kappa shape index (κ3) is 4.63. The van der Waals surface area contributed by atoms with E-state index in [1.54, 1.807) is 12.1 Å². The second kappa shape index (κ2) is 9.24. The van der Waals surface area contributed by atoms with Crippen molar-refractivity contribution in [3.05, 3.63) is 29.8 Å². The van der Waals surface area contributed by atoms with Gasteiger partial charge in [0.25, 0.3) is 5.91 Å². The van der Waals surface area contributed by atoms with Crippen LogP contribution in [0.2, 0.25) is 0 Å². The summed E-state index contributed by atoms with van der Waals surface area (Å²) in [4.78, 5) is 16.1. The first-order chi connectivity index (χ1) is 13.9. The van der Waals surface area contributed by atoms with Gasteiger partial charge in [0.15, 0.2) is 6.04 Å². The molecule has 29 heavy (non-hydrogen) atoms. The Labute approximate surface area is 173 Å². The molecule has 1 saturated heterocycles. The van der Waals surface area contributed by atoms with E-state index in [0.717, 1.165) is 17.7 Å². The molecular weight excluding hydrogens is 388 g/mol. The Morgan fingerprint density at radius 2 is 1.83 bits per heavy atom. The Hall–Kier alpha value is -1.95. The smallest absolute Gasteiger partial charge is 0.280 e. The number of piperazine rings is 1. The molecule has 0 radical (unpaired) electrons. The summed E-state index contributed by atoms with van der Waals surface area (Å²) < 4.78 is 27.4. The summed E-state index contributed by atoms with van der Waals surface area (Å²) in [6, 6.07) is 8.43. The summed E-state index contributed by atoms with van der Waals surface area (Å²) in [7, 11) is -1.79. The minimum Gasteiger partial charge on any atom is -0.338 e. The number of hydrogen-bond acceptors (Lipinski definition) is 4. The number of nitrogens with one attached hydrogen (secondary N) is 1. The molecule has 1 amide bonds. The lowest BCUT2D eigenvalue weighted by molar-refractivity contribution is -0.918. The van der Waals surface area contributed by atoms with Gasteiger partial charge in [0, 0.05) is 13.1 Å². The van der Waals surface area contributed by atoms with E-state index in [1.807, 2.05) is 24.9 Å². The highest BCUT2D eigenvalue weighted by Gasteiger charge is 2.37. The molecule has 1 aliphatic heterocycles. The molecule has 1 heterocycles. The van der Waals surface area contributed by atoms with Crippen LogP contribution in [-0.2, 0) is 14.8 Å². The number of nitrogens with zero attached hydrogens (tertiary/aromatic N) is 3. The molecule has 1 N–H and O–H groups in total. The molecule has 1 aromatic carbocycles. The topological polar surface area (TPSA) is 85.9 Å². The molecule has 0 bridgehead atoms. The van der Waals surface area contributed by atoms with Crippen LogP contribution in [0, 0.1) is 11.3 Å². The minimum absolute atomic E-state index is 0.0621. The average molecular weight is 420 g/mol. The maximum atomic E-state index is 13.0. The zero-order valence-corrected chi connectivity index (χ0v) is 18.1. The fourth-order valence-electron chi connectivity index (χ4n) is 4.50. The number of nitriles is 1. The van der Waals surface area contributed by atoms with E-state index < -0.39 is 10.0 Å². The highest BCUT2D eigenvalue weighted by molar-refractivity contribution is 7.89. The lowest BCUT2D eigenvalue weighted by Crippen LogP contribution is -3.19. The summed E-state index contributed by atoms with van der Waals surface area (Å²) >= 11 is 0. The van der Waals surface area contributed by atoms with Crippen molar-refractivity contribution in [2.45, 2.75) is 56.0 Å². The summed E-state index contributed by atoms with van der Waals surface area (Å²) in [6.45, 7) is 3.81. The van der Waals surface area contributed by atoms with E-state index >= 15 is 0 Å². The Kier molecular flexibility index (Phi) is 6.93. The Balaban J connectivity index is 1.62. The Morgan fingerprint density at radius 3 is 2.45 bits per heavy atom. The molecule has 1 atom stereocenters. The van der Waals surface area contributed by atoms with Gasteiger partial charge in [0.05, 0.1) is 36.6 Å². The van der Waals surface area contributed by atoms with Crippen LogP contribution in [0.3, 0.4) is 0 Å². The van der Waals surface area contributed by atoms with Crippen molar-refractivity contribution in [3.63, 3.8) is 0 Å². The summed E-state index contributed by atoms with van der Waals surface area (Å²) in [5, 5.41) is 9.24. The van der Waals surface area contributed by atoms with Crippen LogP contribution in [0.15, 0.2) is 29.2 Å². The molecule has 1 aromatic rings. The van der Waals surface area contributed by atoms with Crippen molar-refractivity contribution in [2.24, 2.45) is 0 Å². The number of benzene rings is 1. The SMILES string of the molecule is C[C@H](C(=O)N(C)C1CCCCC1)[NH+]1CCN(S(=O)(=O)c2ccccc2C#N)CC1. The first kappa shape index (κ1) is 21.8. The van der Waals surface area contributed by atoms with Crippen LogP contribution < -0.4 is 4.90 Å². The van der Waals surface area contributed by atoms with E-state index in [2.05, 4.69) is 0 Å². The van der Waals surface area contributed by atoms with Gasteiger partial charge in [-0.25, -0.2) is 8.42 Å². The molecule has 8 heteroatoms. The van der Waals surface area contributed by atoms with Gasteiger partial charge in [-0.15, -0.1) is 0 Å². The van der Waals surface area contributed by atoms with Crippen molar-refractivity contribution in [1.29, 1.82) is 5.26 Å². The normalized spacial score (nSPS) is 20.7. The van der Waals surface area contributed by atoms with E-state index in [0.29, 0.717) is 32.2 Å². The number of carbonyl (C=O) groups is 1. The predicted octanol–water partition coefficient (Wildman–Crippen LogP) is 0.627. The van der Waals surface area contributed by atoms with Gasteiger partial charge in [-0.1, -0.05) is 31.4 Å². The summed E-state index contributed by atoms with van der Waals surface area (Å²) in [5.41, 5.74) is 0.167. The van der Waals surface area contributed by atoms with Crippen LogP contribution in [0.25, 0.3) is 0 Å². The van der Waals surface area contributed by atoms with Crippen molar-refractivity contribution in [2.75, 3.05) is 33.2 Å². The molecule has 2 aliphatic rings. The Morgan fingerprint density at radius 1 is 1.21 bits per heavy atom. The summed E-state index contributed by atoms with van der Waals surface area (Å²) in [6.07, 6.45) is 5.78. The fourth-order valence-corrected chi connectivity index (χ4v) is 6.08. The number of likely N-dealkylation sites (N-methyl/N-ethyl adjacent to an activating group) is 1. The van der Waals surface area contributed by atoms with Crippen LogP contribution >= 0.6 is 0 Å². The number of amides is 1. The van der Waals surface area contributed by atoms with Crippen LogP contribution in [0.4, 0.5) is 0 Å². The molecule has 158 valence electrons. The first-order valence-corrected chi connectivity index (χ1v) is 11.9. The van der Waals surface area contributed by atoms with Gasteiger partial charge in [-0.05, 0) is 31.9 Å². The third-order valence-electron chi connectivity index (χ3n) is 6.44. The van der Waals surface area contributed by atoms with Crippen molar-refractivity contribution in [1.82, 2.24) is 9.21 Å². The monoisotopic (exact) mass is 419 g/mol. The van der Waals surface area contributed by atoms with E-state index in [9.17, 15) is 18.5 Å². The van der Waals surface area contributed by atoms with Crippen molar-refractivity contribution in [3.8, 4) is 6.07 Å². The molecule has 3 rings (SSSR count). The van der Waals surface area contributed by atoms with Crippen LogP contribution in [0.5, 0.6) is 0 Å². The van der Waals surface area contributed by atoms with Crippen LogP contribution in [0.1, 0.15) is 44.6 Å². The molecule has 7 nitrogen and oxygen atoms in total. The number of sulfonamides is 1. The lowest BCUT2D eigenvalue weighted by Gasteiger charge is -2.37. The number of quaternary nitrogens is 1. The van der Waals surface area contributed by atoms with Crippen molar-refractivity contribution >= 4 is 15.9 Å². The van der Waals surface area contributed by atoms with Gasteiger partial charge < -0.3 is 9.80 Å². The Bertz CT molecular complexity index is 866. The molecule has 1 aliphatic carbocycles. The molecule has 0 aromatic heterocycles. The molecule has 1 saturated carbocycles. The van der Waals surface area contributed by atoms with Gasteiger partial charge >= 0.3 is 0 Å². The standard InChI is InChI=1S/C21H30N4O3S/c1-17(21(26)23(2)19-9-4-3-5-10-19)24-12-14-25(15-13-24)29(27,28)20-11-7-6-8-18(20)16-22/h6-8,11,17,19H,3-5,9-10,12-15H2,1-2H3/p+1/t17-/m1/s1. The molecule has 0 spiro atoms. The highest BCUT2D eigenvalue weighted by Crippen LogP contribution is 2.22. The maximum Gasteiger partial charge on any atom is 0.280 e. The van der Waals surface area contributed by atoms with Gasteiger partial charge in [-0.2, -0.15) is 9.57 Å². The second-order valence-electron chi connectivity index (χ2n) is 8.13. The number of hydrogen-bond donors (Lipinski definition) is 1. The quantitative estimate of drug-likeness (QED) is 0.758. The van der Waals surface area contributed by atoms with Crippen LogP contribution in [-0.4, -0.2) is 68.8 Å². The second-order valence-corrected chi connectivity index (χ2v) is 10.0. The maximum absolute atomic E-state index is 13.0. The van der Waals surface area contributed by atoms with Crippen molar-refractivity contribution < 1.29 is 18.1 Å². The van der Waals surface area contributed by atoms with Gasteiger partial charge in [0.2, 0.25) is 10.0 Å². The number of rotatable bonds is 5. The average Bonchev–Trinajstić information content (AvgIpc) is 2.78. The zero-order valence-electron chi connectivity index (χ0n) is 17.3. The molecule has 2 fully saturated rings. The largest absolute Gasteiger partial charge is 0.338 e. The number of carbonyl (C=O) groups excluding carboxylic acids is 1. The van der Waals surface area contributed by atoms with E-state index in [4.69, 9.17) is 0 Å². The van der Waals surface area contributed by atoms with E-state index in [-0.39, 0.29) is 22.4 Å². The molecular formula is C21H31N4O3S+. The predicted molar refractivity (Wildman–Crippen MR) is 110 cm³/mol. The van der Waals surface area contributed by atoms with Gasteiger partial charge in [0.1, 0.15) is 6.07 Å². The van der Waals surface area contributed by atoms with Gasteiger partial charge in [-0.3, -0.25) is 4.79 Å². The summed E-state index contributed by atoms with van der Waals surface area (Å²) in [5.74, 6) is 0.151. The lowest BCUT2D eigenvalue weighted by atomic mass is 9.94. The molecule has 0 unspecified atom stereocenters. The minimum atomic E-state index is -3.71. The zero-order chi connectivity index (χ0) is 21.0. The third-order valence-corrected chi connectivity index (χ3v) is 8.40. The fraction of sp³-hybridized carbons (Fsp3) is 0.619. The first-order valence-electron chi connectivity index (χ1n) is 10.5. The van der Waals surface area contributed by atoms with E-state index in [1.165, 1.54) is 35.7 Å². The highest BCUT2D eigenvalue weighted by atomic mass is 32.2.